The highest BCUT2D eigenvalue weighted by molar-refractivity contribution is 6.30. The summed E-state index contributed by atoms with van der Waals surface area (Å²) in [5, 5.41) is 3.47. The van der Waals surface area contributed by atoms with Crippen LogP contribution < -0.4 is 24.3 Å². The Kier molecular flexibility index (Phi) is 7.19. The number of carbonyl (C=O) groups excluding carboxylic acids is 1. The Labute approximate surface area is 164 Å². The maximum absolute atomic E-state index is 12.4. The van der Waals surface area contributed by atoms with Crippen molar-refractivity contribution >= 4 is 17.5 Å². The maximum atomic E-state index is 12.4. The summed E-state index contributed by atoms with van der Waals surface area (Å²) in [6, 6.07) is 8.75. The van der Waals surface area contributed by atoms with Crippen LogP contribution in [0.1, 0.15) is 18.1 Å². The van der Waals surface area contributed by atoms with Crippen molar-refractivity contribution < 1.29 is 23.7 Å². The van der Waals surface area contributed by atoms with Crippen molar-refractivity contribution in [2.24, 2.45) is 0 Å². The van der Waals surface area contributed by atoms with Gasteiger partial charge in [0.1, 0.15) is 11.5 Å². The van der Waals surface area contributed by atoms with Crippen LogP contribution in [0.15, 0.2) is 30.3 Å². The molecule has 7 heteroatoms. The van der Waals surface area contributed by atoms with Gasteiger partial charge in [-0.05, 0) is 43.7 Å². The minimum Gasteiger partial charge on any atom is -0.496 e. The van der Waals surface area contributed by atoms with Crippen LogP contribution in [-0.4, -0.2) is 33.3 Å². The van der Waals surface area contributed by atoms with Gasteiger partial charge in [-0.1, -0.05) is 11.6 Å². The summed E-state index contributed by atoms with van der Waals surface area (Å²) in [7, 11) is 4.66. The first kappa shape index (κ1) is 20.7. The summed E-state index contributed by atoms with van der Waals surface area (Å²) in [4.78, 5) is 12.4. The quantitative estimate of drug-likeness (QED) is 0.739. The summed E-state index contributed by atoms with van der Waals surface area (Å²) < 4.78 is 21.7. The molecule has 0 aromatic heterocycles. The highest BCUT2D eigenvalue weighted by Crippen LogP contribution is 2.34. The van der Waals surface area contributed by atoms with E-state index in [4.69, 9.17) is 30.5 Å². The zero-order chi connectivity index (χ0) is 20.0. The van der Waals surface area contributed by atoms with Crippen LogP contribution in [-0.2, 0) is 11.3 Å². The lowest BCUT2D eigenvalue weighted by molar-refractivity contribution is -0.127. The van der Waals surface area contributed by atoms with Crippen molar-refractivity contribution in [1.82, 2.24) is 5.32 Å². The zero-order valence-corrected chi connectivity index (χ0v) is 16.8. The van der Waals surface area contributed by atoms with Crippen molar-refractivity contribution in [2.75, 3.05) is 21.3 Å². The summed E-state index contributed by atoms with van der Waals surface area (Å²) in [6.45, 7) is 3.82. The molecule has 0 aliphatic carbocycles. The van der Waals surface area contributed by atoms with E-state index in [0.717, 1.165) is 11.1 Å². The van der Waals surface area contributed by atoms with Crippen LogP contribution >= 0.6 is 11.6 Å². The standard InChI is InChI=1S/C20H24ClNO5/c1-12-8-15(21)6-7-16(12)27-13(2)20(23)22-11-14-9-18(25-4)19(26-5)10-17(14)24-3/h6-10,13H,11H2,1-5H3,(H,22,23). The van der Waals surface area contributed by atoms with E-state index in [0.29, 0.717) is 28.0 Å². The number of ether oxygens (including phenoxy) is 4. The highest BCUT2D eigenvalue weighted by Gasteiger charge is 2.17. The molecular formula is C20H24ClNO5. The monoisotopic (exact) mass is 393 g/mol. The number of carbonyl (C=O) groups is 1. The smallest absolute Gasteiger partial charge is 0.261 e. The number of amides is 1. The largest absolute Gasteiger partial charge is 0.496 e. The number of hydrogen-bond acceptors (Lipinski definition) is 5. The Morgan fingerprint density at radius 1 is 1.00 bits per heavy atom. The topological polar surface area (TPSA) is 66.0 Å². The van der Waals surface area contributed by atoms with Gasteiger partial charge in [0, 0.05) is 23.2 Å². The third kappa shape index (κ3) is 5.20. The zero-order valence-electron chi connectivity index (χ0n) is 16.1. The van der Waals surface area contributed by atoms with Gasteiger partial charge in [-0.25, -0.2) is 0 Å². The van der Waals surface area contributed by atoms with Crippen LogP contribution in [0.2, 0.25) is 5.02 Å². The van der Waals surface area contributed by atoms with Gasteiger partial charge in [0.05, 0.1) is 21.3 Å². The molecular weight excluding hydrogens is 370 g/mol. The lowest BCUT2D eigenvalue weighted by atomic mass is 10.1. The van der Waals surface area contributed by atoms with Crippen LogP contribution in [0.5, 0.6) is 23.0 Å². The Bertz CT molecular complexity index is 809. The van der Waals surface area contributed by atoms with Crippen LogP contribution in [0.25, 0.3) is 0 Å². The third-order valence-electron chi connectivity index (χ3n) is 4.05. The van der Waals surface area contributed by atoms with Crippen molar-refractivity contribution in [3.63, 3.8) is 0 Å². The van der Waals surface area contributed by atoms with Gasteiger partial charge >= 0.3 is 0 Å². The molecule has 0 bridgehead atoms. The fraction of sp³-hybridized carbons (Fsp3) is 0.350. The van der Waals surface area contributed by atoms with E-state index in [1.54, 1.807) is 58.6 Å². The average molecular weight is 394 g/mol. The van der Waals surface area contributed by atoms with Crippen LogP contribution in [0.4, 0.5) is 0 Å². The summed E-state index contributed by atoms with van der Waals surface area (Å²) >= 11 is 5.94. The molecule has 1 atom stereocenters. The first-order valence-corrected chi connectivity index (χ1v) is 8.76. The fourth-order valence-electron chi connectivity index (χ4n) is 2.55. The SMILES string of the molecule is COc1cc(OC)c(OC)cc1CNC(=O)C(C)Oc1ccc(Cl)cc1C. The molecule has 0 spiro atoms. The Hall–Kier alpha value is -2.60. The molecule has 1 N–H and O–H groups in total. The molecule has 0 saturated carbocycles. The molecule has 1 amide bonds. The van der Waals surface area contributed by atoms with Gasteiger partial charge in [-0.3, -0.25) is 4.79 Å². The van der Waals surface area contributed by atoms with Crippen molar-refractivity contribution in [3.05, 3.63) is 46.5 Å². The minimum absolute atomic E-state index is 0.249. The van der Waals surface area contributed by atoms with E-state index >= 15 is 0 Å². The normalized spacial score (nSPS) is 11.5. The molecule has 0 heterocycles. The fourth-order valence-corrected chi connectivity index (χ4v) is 2.77. The van der Waals surface area contributed by atoms with Gasteiger partial charge in [-0.2, -0.15) is 0 Å². The molecule has 0 radical (unpaired) electrons. The second-order valence-electron chi connectivity index (χ2n) is 5.91. The van der Waals surface area contributed by atoms with Gasteiger partial charge < -0.3 is 24.3 Å². The lowest BCUT2D eigenvalue weighted by Crippen LogP contribution is -2.36. The molecule has 2 aromatic carbocycles. The molecule has 2 aromatic rings. The van der Waals surface area contributed by atoms with E-state index in [-0.39, 0.29) is 12.5 Å². The number of nitrogens with one attached hydrogen (secondary N) is 1. The van der Waals surface area contributed by atoms with E-state index in [2.05, 4.69) is 5.32 Å². The van der Waals surface area contributed by atoms with E-state index in [9.17, 15) is 4.79 Å². The number of methoxy groups -OCH3 is 3. The molecule has 0 fully saturated rings. The minimum atomic E-state index is -0.670. The van der Waals surface area contributed by atoms with Gasteiger partial charge in [-0.15, -0.1) is 0 Å². The molecule has 0 saturated heterocycles. The first-order valence-electron chi connectivity index (χ1n) is 8.39. The molecule has 0 aliphatic heterocycles. The molecule has 6 nitrogen and oxygen atoms in total. The number of hydrogen-bond donors (Lipinski definition) is 1. The predicted molar refractivity (Wildman–Crippen MR) is 104 cm³/mol. The van der Waals surface area contributed by atoms with Gasteiger partial charge in [0.25, 0.3) is 5.91 Å². The molecule has 0 aliphatic rings. The van der Waals surface area contributed by atoms with Crippen LogP contribution in [0, 0.1) is 6.92 Å². The second kappa shape index (κ2) is 9.37. The van der Waals surface area contributed by atoms with Crippen molar-refractivity contribution in [2.45, 2.75) is 26.5 Å². The first-order chi connectivity index (χ1) is 12.9. The van der Waals surface area contributed by atoms with Gasteiger partial charge in [0.2, 0.25) is 0 Å². The van der Waals surface area contributed by atoms with E-state index in [1.807, 2.05) is 6.92 Å². The molecule has 1 unspecified atom stereocenters. The average Bonchev–Trinajstić information content (AvgIpc) is 2.67. The number of rotatable bonds is 8. The predicted octanol–water partition coefficient (Wildman–Crippen LogP) is 3.76. The molecule has 146 valence electrons. The Morgan fingerprint density at radius 2 is 1.63 bits per heavy atom. The summed E-state index contributed by atoms with van der Waals surface area (Å²) in [5.41, 5.74) is 1.63. The van der Waals surface area contributed by atoms with E-state index < -0.39 is 6.10 Å². The lowest BCUT2D eigenvalue weighted by Gasteiger charge is -2.18. The van der Waals surface area contributed by atoms with Gasteiger partial charge in [0.15, 0.2) is 17.6 Å². The maximum Gasteiger partial charge on any atom is 0.261 e. The third-order valence-corrected chi connectivity index (χ3v) is 4.28. The number of halogens is 1. The Morgan fingerprint density at radius 3 is 2.22 bits per heavy atom. The molecule has 2 rings (SSSR count). The Balaban J connectivity index is 2.05. The summed E-state index contributed by atoms with van der Waals surface area (Å²) in [5.74, 6) is 2.07. The second-order valence-corrected chi connectivity index (χ2v) is 6.34. The summed E-state index contributed by atoms with van der Waals surface area (Å²) in [6.07, 6.45) is -0.670. The van der Waals surface area contributed by atoms with Crippen molar-refractivity contribution in [3.8, 4) is 23.0 Å². The van der Waals surface area contributed by atoms with Crippen LogP contribution in [0.3, 0.4) is 0 Å². The highest BCUT2D eigenvalue weighted by atomic mass is 35.5. The number of aryl methyl sites for hydroxylation is 1. The molecule has 27 heavy (non-hydrogen) atoms. The number of benzene rings is 2. The van der Waals surface area contributed by atoms with Crippen molar-refractivity contribution in [1.29, 1.82) is 0 Å². The van der Waals surface area contributed by atoms with E-state index in [1.165, 1.54) is 0 Å².